The predicted molar refractivity (Wildman–Crippen MR) is 129 cm³/mol. The number of ether oxygens (including phenoxy) is 1. The van der Waals surface area contributed by atoms with Crippen molar-refractivity contribution in [1.82, 2.24) is 29.4 Å². The maximum atomic E-state index is 6.42. The van der Waals surface area contributed by atoms with Crippen LogP contribution in [0.3, 0.4) is 0 Å². The molecule has 0 amide bonds. The molecule has 0 fully saturated rings. The molecule has 5 heterocycles. The van der Waals surface area contributed by atoms with E-state index in [4.69, 9.17) is 24.3 Å². The predicted octanol–water partition coefficient (Wildman–Crippen LogP) is 5.47. The van der Waals surface area contributed by atoms with Crippen molar-refractivity contribution >= 4 is 5.65 Å². The van der Waals surface area contributed by atoms with Crippen LogP contribution in [-0.4, -0.2) is 29.4 Å². The highest BCUT2D eigenvalue weighted by molar-refractivity contribution is 5.68. The summed E-state index contributed by atoms with van der Waals surface area (Å²) >= 11 is 0. The molecule has 7 rings (SSSR count). The van der Waals surface area contributed by atoms with Crippen LogP contribution in [0.25, 0.3) is 22.7 Å². The Balaban J connectivity index is 1.47. The second-order valence-corrected chi connectivity index (χ2v) is 8.64. The fourth-order valence-corrected chi connectivity index (χ4v) is 4.69. The minimum Gasteiger partial charge on any atom is -0.468 e. The van der Waals surface area contributed by atoms with Crippen LogP contribution in [0.5, 0.6) is 11.8 Å². The van der Waals surface area contributed by atoms with Gasteiger partial charge in [-0.25, -0.2) is 19.2 Å². The Morgan fingerprint density at radius 1 is 0.857 bits per heavy atom. The van der Waals surface area contributed by atoms with Crippen LogP contribution in [0.1, 0.15) is 34.1 Å². The fraction of sp³-hybridized carbons (Fsp3) is 0.111. The number of rotatable bonds is 3. The van der Waals surface area contributed by atoms with E-state index in [2.05, 4.69) is 24.0 Å². The number of fused-ring (bicyclic) bond motifs is 4. The van der Waals surface area contributed by atoms with Crippen molar-refractivity contribution in [2.24, 2.45) is 0 Å². The minimum absolute atomic E-state index is 0.299. The molecule has 1 unspecified atom stereocenters. The monoisotopic (exact) mass is 460 g/mol. The molecule has 0 saturated heterocycles. The SMILES string of the molecule is Cc1ccc(-c2nc3c4c(ncn3n2)Oc2c(c(C)nn2-c2ccccc2)C4c2ccco2)cc1. The summed E-state index contributed by atoms with van der Waals surface area (Å²) < 4.78 is 15.9. The molecule has 8 heteroatoms. The molecule has 0 spiro atoms. The Hall–Kier alpha value is -4.72. The van der Waals surface area contributed by atoms with E-state index in [0.29, 0.717) is 23.2 Å². The van der Waals surface area contributed by atoms with Crippen molar-refractivity contribution in [1.29, 1.82) is 0 Å². The van der Waals surface area contributed by atoms with Crippen LogP contribution in [0.15, 0.2) is 83.7 Å². The van der Waals surface area contributed by atoms with E-state index in [1.54, 1.807) is 17.1 Å². The van der Waals surface area contributed by atoms with Crippen molar-refractivity contribution in [3.8, 4) is 28.8 Å². The number of aromatic nitrogens is 6. The summed E-state index contributed by atoms with van der Waals surface area (Å²) in [6.07, 6.45) is 3.31. The van der Waals surface area contributed by atoms with Gasteiger partial charge < -0.3 is 9.15 Å². The van der Waals surface area contributed by atoms with E-state index in [1.807, 2.05) is 66.2 Å². The molecule has 2 aromatic carbocycles. The third kappa shape index (κ3) is 3.00. The van der Waals surface area contributed by atoms with Crippen LogP contribution in [-0.2, 0) is 0 Å². The summed E-state index contributed by atoms with van der Waals surface area (Å²) in [5.74, 6) is 2.18. The average molecular weight is 460 g/mol. The van der Waals surface area contributed by atoms with E-state index in [1.165, 1.54) is 5.56 Å². The first-order valence-electron chi connectivity index (χ1n) is 11.4. The third-order valence-electron chi connectivity index (χ3n) is 6.36. The zero-order valence-corrected chi connectivity index (χ0v) is 19.1. The van der Waals surface area contributed by atoms with Gasteiger partial charge in [-0.3, -0.25) is 0 Å². The van der Waals surface area contributed by atoms with Gasteiger partial charge >= 0.3 is 0 Å². The van der Waals surface area contributed by atoms with Gasteiger partial charge in [-0.05, 0) is 38.1 Å². The molecule has 4 aromatic heterocycles. The van der Waals surface area contributed by atoms with Gasteiger partial charge in [-0.15, -0.1) is 5.10 Å². The molecule has 35 heavy (non-hydrogen) atoms. The third-order valence-corrected chi connectivity index (χ3v) is 6.36. The van der Waals surface area contributed by atoms with Gasteiger partial charge in [0.1, 0.15) is 12.1 Å². The molecule has 8 nitrogen and oxygen atoms in total. The van der Waals surface area contributed by atoms with Gasteiger partial charge in [0.15, 0.2) is 11.5 Å². The summed E-state index contributed by atoms with van der Waals surface area (Å²) in [5, 5.41) is 9.53. The number of furan rings is 1. The van der Waals surface area contributed by atoms with Crippen molar-refractivity contribution < 1.29 is 9.15 Å². The van der Waals surface area contributed by atoms with E-state index in [9.17, 15) is 0 Å². The molecule has 1 atom stereocenters. The molecule has 0 N–H and O–H groups in total. The van der Waals surface area contributed by atoms with Gasteiger partial charge in [0.25, 0.3) is 0 Å². The topological polar surface area (TPSA) is 83.3 Å². The van der Waals surface area contributed by atoms with Crippen molar-refractivity contribution in [3.63, 3.8) is 0 Å². The second kappa shape index (κ2) is 7.39. The van der Waals surface area contributed by atoms with E-state index in [0.717, 1.165) is 33.8 Å². The minimum atomic E-state index is -0.299. The van der Waals surface area contributed by atoms with Gasteiger partial charge in [0.05, 0.1) is 34.7 Å². The Kier molecular flexibility index (Phi) is 4.17. The van der Waals surface area contributed by atoms with Gasteiger partial charge in [0.2, 0.25) is 11.8 Å². The molecule has 0 aliphatic carbocycles. The first kappa shape index (κ1) is 19.7. The van der Waals surface area contributed by atoms with E-state index < -0.39 is 0 Å². The standard InChI is InChI=1S/C27H20N6O2/c1-16-10-12-18(13-11-16)24-29-25-23-22(20-9-6-14-34-20)21-17(2)30-33(19-7-4-3-5-8-19)27(21)35-26(23)28-15-32(25)31-24/h3-15,22H,1-2H3. The quantitative estimate of drug-likeness (QED) is 0.348. The molecule has 0 bridgehead atoms. The first-order chi connectivity index (χ1) is 17.2. The maximum absolute atomic E-state index is 6.42. The largest absolute Gasteiger partial charge is 0.468 e. The number of hydrogen-bond acceptors (Lipinski definition) is 6. The number of nitrogens with zero attached hydrogens (tertiary/aromatic N) is 6. The fourth-order valence-electron chi connectivity index (χ4n) is 4.69. The molecule has 170 valence electrons. The van der Waals surface area contributed by atoms with Gasteiger partial charge in [-0.2, -0.15) is 5.10 Å². The zero-order valence-electron chi connectivity index (χ0n) is 19.1. The smallest absolute Gasteiger partial charge is 0.230 e. The summed E-state index contributed by atoms with van der Waals surface area (Å²) in [6, 6.07) is 21.9. The highest BCUT2D eigenvalue weighted by atomic mass is 16.5. The molecule has 1 aliphatic rings. The number of hydrogen-bond donors (Lipinski definition) is 0. The summed E-state index contributed by atoms with van der Waals surface area (Å²) in [6.45, 7) is 4.04. The number of aryl methyl sites for hydroxylation is 2. The number of para-hydroxylation sites is 1. The lowest BCUT2D eigenvalue weighted by Crippen LogP contribution is -2.15. The second-order valence-electron chi connectivity index (χ2n) is 8.64. The molecule has 6 aromatic rings. The molecule has 0 saturated carbocycles. The first-order valence-corrected chi connectivity index (χ1v) is 11.4. The normalized spacial score (nSPS) is 14.5. The lowest BCUT2D eigenvalue weighted by atomic mass is 9.88. The maximum Gasteiger partial charge on any atom is 0.230 e. The van der Waals surface area contributed by atoms with Crippen LogP contribution in [0.4, 0.5) is 0 Å². The van der Waals surface area contributed by atoms with E-state index in [-0.39, 0.29) is 5.92 Å². The lowest BCUT2D eigenvalue weighted by Gasteiger charge is -2.24. The van der Waals surface area contributed by atoms with Crippen LogP contribution < -0.4 is 4.74 Å². The summed E-state index contributed by atoms with van der Waals surface area (Å²) in [5.41, 5.74) is 6.27. The van der Waals surface area contributed by atoms with Crippen molar-refractivity contribution in [2.75, 3.05) is 0 Å². The molecular weight excluding hydrogens is 440 g/mol. The highest BCUT2D eigenvalue weighted by Crippen LogP contribution is 2.49. The summed E-state index contributed by atoms with van der Waals surface area (Å²) in [7, 11) is 0. The lowest BCUT2D eigenvalue weighted by molar-refractivity contribution is 0.392. The van der Waals surface area contributed by atoms with Gasteiger partial charge in [0, 0.05) is 5.56 Å². The van der Waals surface area contributed by atoms with Gasteiger partial charge in [-0.1, -0.05) is 48.0 Å². The Morgan fingerprint density at radius 2 is 1.69 bits per heavy atom. The Bertz CT molecular complexity index is 1680. The van der Waals surface area contributed by atoms with E-state index >= 15 is 0 Å². The molecule has 0 radical (unpaired) electrons. The highest BCUT2D eigenvalue weighted by Gasteiger charge is 2.39. The number of benzene rings is 2. The van der Waals surface area contributed by atoms with Crippen LogP contribution in [0, 0.1) is 13.8 Å². The summed E-state index contributed by atoms with van der Waals surface area (Å²) in [4.78, 5) is 9.54. The van der Waals surface area contributed by atoms with Crippen LogP contribution >= 0.6 is 0 Å². The molecular formula is C27H20N6O2. The van der Waals surface area contributed by atoms with Crippen molar-refractivity contribution in [3.05, 3.63) is 107 Å². The Labute approximate surface area is 200 Å². The average Bonchev–Trinajstić information content (AvgIpc) is 3.63. The van der Waals surface area contributed by atoms with Crippen molar-refractivity contribution in [2.45, 2.75) is 19.8 Å². The zero-order chi connectivity index (χ0) is 23.5. The Morgan fingerprint density at radius 3 is 2.46 bits per heavy atom. The molecule has 1 aliphatic heterocycles. The van der Waals surface area contributed by atoms with Crippen LogP contribution in [0.2, 0.25) is 0 Å².